The first-order valence-electron chi connectivity index (χ1n) is 5.25. The van der Waals surface area contributed by atoms with Crippen molar-refractivity contribution in [3.8, 4) is 5.75 Å². The van der Waals surface area contributed by atoms with E-state index in [4.69, 9.17) is 18.9 Å². The van der Waals surface area contributed by atoms with Gasteiger partial charge in [-0.1, -0.05) is 12.1 Å². The van der Waals surface area contributed by atoms with Gasteiger partial charge in [-0.2, -0.15) is 0 Å². The molecule has 1 saturated heterocycles. The predicted octanol–water partition coefficient (Wildman–Crippen LogP) is 1.89. The van der Waals surface area contributed by atoms with Crippen LogP contribution in [0.2, 0.25) is 0 Å². The van der Waals surface area contributed by atoms with Crippen molar-refractivity contribution in [2.24, 2.45) is 0 Å². The van der Waals surface area contributed by atoms with E-state index in [-0.39, 0.29) is 6.79 Å². The molecule has 4 nitrogen and oxygen atoms in total. The average molecular weight is 224 g/mol. The maximum absolute atomic E-state index is 5.58. The summed E-state index contributed by atoms with van der Waals surface area (Å²) in [6.07, 6.45) is 0. The third kappa shape index (κ3) is 2.35. The fourth-order valence-electron chi connectivity index (χ4n) is 1.68. The second-order valence-electron chi connectivity index (χ2n) is 3.72. The molecule has 1 heterocycles. The van der Waals surface area contributed by atoms with Gasteiger partial charge < -0.3 is 18.9 Å². The van der Waals surface area contributed by atoms with Crippen molar-refractivity contribution >= 4 is 0 Å². The maximum Gasteiger partial charge on any atom is 0.192 e. The van der Waals surface area contributed by atoms with Gasteiger partial charge in [0.1, 0.15) is 5.75 Å². The summed E-state index contributed by atoms with van der Waals surface area (Å²) in [5.41, 5.74) is 0.957. The molecule has 0 spiro atoms. The lowest BCUT2D eigenvalue weighted by molar-refractivity contribution is -0.149. The van der Waals surface area contributed by atoms with Gasteiger partial charge in [0, 0.05) is 12.7 Å². The first kappa shape index (κ1) is 11.4. The lowest BCUT2D eigenvalue weighted by Gasteiger charge is -2.23. The van der Waals surface area contributed by atoms with Crippen LogP contribution in [0, 0.1) is 0 Å². The average Bonchev–Trinajstić information content (AvgIpc) is 2.75. The number of methoxy groups -OCH3 is 1. The second-order valence-corrected chi connectivity index (χ2v) is 3.72. The van der Waals surface area contributed by atoms with Gasteiger partial charge in [0.25, 0.3) is 0 Å². The third-order valence-electron chi connectivity index (χ3n) is 2.54. The monoisotopic (exact) mass is 224 g/mol. The Bertz CT molecular complexity index is 345. The van der Waals surface area contributed by atoms with E-state index in [2.05, 4.69) is 0 Å². The molecule has 0 saturated carbocycles. The van der Waals surface area contributed by atoms with Crippen LogP contribution >= 0.6 is 0 Å². The van der Waals surface area contributed by atoms with E-state index in [1.54, 1.807) is 7.11 Å². The molecule has 1 aromatic rings. The van der Waals surface area contributed by atoms with Crippen molar-refractivity contribution in [3.63, 3.8) is 0 Å². The van der Waals surface area contributed by atoms with Crippen molar-refractivity contribution in [1.82, 2.24) is 0 Å². The van der Waals surface area contributed by atoms with Gasteiger partial charge in [0.15, 0.2) is 12.6 Å². The third-order valence-corrected chi connectivity index (χ3v) is 2.54. The fraction of sp³-hybridized carbons (Fsp3) is 0.500. The molecular weight excluding hydrogens is 208 g/mol. The van der Waals surface area contributed by atoms with Gasteiger partial charge in [-0.05, 0) is 19.1 Å². The normalized spacial score (nSPS) is 18.6. The van der Waals surface area contributed by atoms with E-state index < -0.39 is 5.79 Å². The Morgan fingerprint density at radius 3 is 2.75 bits per heavy atom. The minimum Gasteiger partial charge on any atom is -0.468 e. The number of ether oxygens (including phenoxy) is 4. The van der Waals surface area contributed by atoms with Gasteiger partial charge in [-0.25, -0.2) is 0 Å². The summed E-state index contributed by atoms with van der Waals surface area (Å²) in [5, 5.41) is 0. The SMILES string of the molecule is COCOc1cccc(C2(C)OCCO2)c1. The quantitative estimate of drug-likeness (QED) is 0.732. The van der Waals surface area contributed by atoms with Crippen LogP contribution in [-0.4, -0.2) is 27.1 Å². The maximum atomic E-state index is 5.58. The van der Waals surface area contributed by atoms with Gasteiger partial charge >= 0.3 is 0 Å². The Kier molecular flexibility index (Phi) is 3.43. The Labute approximate surface area is 95.1 Å². The molecule has 1 aromatic carbocycles. The zero-order valence-electron chi connectivity index (χ0n) is 9.56. The van der Waals surface area contributed by atoms with Crippen LogP contribution in [0.15, 0.2) is 24.3 Å². The fourth-order valence-corrected chi connectivity index (χ4v) is 1.68. The Hall–Kier alpha value is -1.10. The number of benzene rings is 1. The summed E-state index contributed by atoms with van der Waals surface area (Å²) in [6, 6.07) is 7.66. The van der Waals surface area contributed by atoms with Crippen molar-refractivity contribution < 1.29 is 18.9 Å². The Morgan fingerprint density at radius 2 is 2.06 bits per heavy atom. The van der Waals surface area contributed by atoms with Crippen LogP contribution in [0.1, 0.15) is 12.5 Å². The van der Waals surface area contributed by atoms with Gasteiger partial charge in [-0.15, -0.1) is 0 Å². The molecule has 0 bridgehead atoms. The van der Waals surface area contributed by atoms with E-state index in [1.165, 1.54) is 0 Å². The topological polar surface area (TPSA) is 36.9 Å². The highest BCUT2D eigenvalue weighted by atomic mass is 16.7. The van der Waals surface area contributed by atoms with Crippen LogP contribution < -0.4 is 4.74 Å². The first-order valence-corrected chi connectivity index (χ1v) is 5.25. The van der Waals surface area contributed by atoms with E-state index in [0.29, 0.717) is 13.2 Å². The highest BCUT2D eigenvalue weighted by molar-refractivity contribution is 5.31. The lowest BCUT2D eigenvalue weighted by Crippen LogP contribution is -2.22. The minimum absolute atomic E-state index is 0.238. The van der Waals surface area contributed by atoms with Crippen LogP contribution in [0.3, 0.4) is 0 Å². The van der Waals surface area contributed by atoms with Crippen LogP contribution in [0.25, 0.3) is 0 Å². The molecule has 4 heteroatoms. The molecule has 0 N–H and O–H groups in total. The zero-order valence-corrected chi connectivity index (χ0v) is 9.56. The molecule has 1 fully saturated rings. The number of rotatable bonds is 4. The van der Waals surface area contributed by atoms with E-state index >= 15 is 0 Å². The van der Waals surface area contributed by atoms with E-state index in [9.17, 15) is 0 Å². The molecule has 1 aliphatic heterocycles. The van der Waals surface area contributed by atoms with Crippen molar-refractivity contribution in [2.75, 3.05) is 27.1 Å². The van der Waals surface area contributed by atoms with Gasteiger partial charge in [0.05, 0.1) is 13.2 Å². The molecule has 0 aliphatic carbocycles. The zero-order chi connectivity index (χ0) is 11.4. The number of hydrogen-bond donors (Lipinski definition) is 0. The number of hydrogen-bond acceptors (Lipinski definition) is 4. The Morgan fingerprint density at radius 1 is 1.31 bits per heavy atom. The van der Waals surface area contributed by atoms with E-state index in [1.807, 2.05) is 31.2 Å². The molecule has 88 valence electrons. The first-order chi connectivity index (χ1) is 7.74. The standard InChI is InChI=1S/C12H16O4/c1-12(15-6-7-16-12)10-4-3-5-11(8-10)14-9-13-2/h3-5,8H,6-7,9H2,1-2H3. The van der Waals surface area contributed by atoms with Crippen molar-refractivity contribution in [3.05, 3.63) is 29.8 Å². The van der Waals surface area contributed by atoms with Crippen molar-refractivity contribution in [1.29, 1.82) is 0 Å². The second kappa shape index (κ2) is 4.82. The molecule has 0 amide bonds. The highest BCUT2D eigenvalue weighted by Gasteiger charge is 2.33. The molecule has 0 radical (unpaired) electrons. The Balaban J connectivity index is 2.15. The molecule has 0 atom stereocenters. The summed E-state index contributed by atoms with van der Waals surface area (Å²) in [7, 11) is 1.59. The van der Waals surface area contributed by atoms with Crippen LogP contribution in [-0.2, 0) is 20.0 Å². The molecule has 16 heavy (non-hydrogen) atoms. The highest BCUT2D eigenvalue weighted by Crippen LogP contribution is 2.32. The molecule has 0 aromatic heterocycles. The van der Waals surface area contributed by atoms with Crippen LogP contribution in [0.5, 0.6) is 5.75 Å². The van der Waals surface area contributed by atoms with Crippen LogP contribution in [0.4, 0.5) is 0 Å². The summed E-state index contributed by atoms with van der Waals surface area (Å²) >= 11 is 0. The lowest BCUT2D eigenvalue weighted by atomic mass is 10.1. The molecule has 2 rings (SSSR count). The molecule has 1 aliphatic rings. The predicted molar refractivity (Wildman–Crippen MR) is 58.2 cm³/mol. The van der Waals surface area contributed by atoms with Gasteiger partial charge in [0.2, 0.25) is 0 Å². The molecule has 0 unspecified atom stereocenters. The summed E-state index contributed by atoms with van der Waals surface area (Å²) in [4.78, 5) is 0. The van der Waals surface area contributed by atoms with Crippen molar-refractivity contribution in [2.45, 2.75) is 12.7 Å². The summed E-state index contributed by atoms with van der Waals surface area (Å²) < 4.78 is 21.4. The largest absolute Gasteiger partial charge is 0.468 e. The van der Waals surface area contributed by atoms with E-state index in [0.717, 1.165) is 11.3 Å². The molecular formula is C12H16O4. The smallest absolute Gasteiger partial charge is 0.192 e. The minimum atomic E-state index is -0.646. The summed E-state index contributed by atoms with van der Waals surface area (Å²) in [5.74, 6) is 0.103. The van der Waals surface area contributed by atoms with Gasteiger partial charge in [-0.3, -0.25) is 0 Å². The summed E-state index contributed by atoms with van der Waals surface area (Å²) in [6.45, 7) is 3.40.